The van der Waals surface area contributed by atoms with Crippen LogP contribution in [0.15, 0.2) is 66.9 Å². The van der Waals surface area contributed by atoms with Crippen LogP contribution in [0, 0.1) is 0 Å². The monoisotopic (exact) mass is 484 g/mol. The number of alkyl halides is 3. The van der Waals surface area contributed by atoms with Crippen molar-refractivity contribution in [1.29, 1.82) is 0 Å². The first kappa shape index (κ1) is 22.9. The second-order valence-electron chi connectivity index (χ2n) is 8.50. The largest absolute Gasteiger partial charge is 0.417 e. The van der Waals surface area contributed by atoms with Crippen LogP contribution in [0.3, 0.4) is 0 Å². The van der Waals surface area contributed by atoms with E-state index in [9.17, 15) is 13.2 Å². The highest BCUT2D eigenvalue weighted by molar-refractivity contribution is 6.33. The quantitative estimate of drug-likeness (QED) is 0.378. The average Bonchev–Trinajstić information content (AvgIpc) is 3.00. The Balaban J connectivity index is 1.61. The van der Waals surface area contributed by atoms with Crippen LogP contribution in [0.25, 0.3) is 28.0 Å². The molecule has 8 heteroatoms. The van der Waals surface area contributed by atoms with Crippen LogP contribution >= 0.6 is 11.6 Å². The Labute approximate surface area is 201 Å². The molecule has 4 aromatic rings. The molecule has 5 rings (SSSR count). The second kappa shape index (κ2) is 9.41. The third kappa shape index (κ3) is 4.69. The number of hydrogen-bond acceptors (Lipinski definition) is 3. The summed E-state index contributed by atoms with van der Waals surface area (Å²) in [5.74, 6) is 0. The molecule has 1 fully saturated rings. The van der Waals surface area contributed by atoms with Gasteiger partial charge in [-0.3, -0.25) is 4.90 Å². The molecule has 0 aliphatic carbocycles. The van der Waals surface area contributed by atoms with E-state index in [0.717, 1.165) is 61.6 Å². The maximum Gasteiger partial charge on any atom is 0.417 e. The number of nitrogens with one attached hydrogen (secondary N) is 1. The summed E-state index contributed by atoms with van der Waals surface area (Å²) in [6.07, 6.45) is -2.41. The summed E-state index contributed by atoms with van der Waals surface area (Å²) in [5.41, 5.74) is 3.91. The number of benzene rings is 2. The van der Waals surface area contributed by atoms with Crippen LogP contribution in [-0.4, -0.2) is 40.5 Å². The molecule has 0 saturated carbocycles. The van der Waals surface area contributed by atoms with Gasteiger partial charge in [0.15, 0.2) is 5.65 Å². The minimum Gasteiger partial charge on any atom is -0.315 e. The van der Waals surface area contributed by atoms with Crippen molar-refractivity contribution in [2.24, 2.45) is 0 Å². The fourth-order valence-corrected chi connectivity index (χ4v) is 4.66. The number of imidazole rings is 1. The number of fused-ring (bicyclic) bond motifs is 1. The molecule has 0 bridgehead atoms. The van der Waals surface area contributed by atoms with Gasteiger partial charge in [-0.15, -0.1) is 0 Å². The Morgan fingerprint density at radius 3 is 2.35 bits per heavy atom. The highest BCUT2D eigenvalue weighted by Crippen LogP contribution is 2.35. The fourth-order valence-electron chi connectivity index (χ4n) is 4.41. The van der Waals surface area contributed by atoms with E-state index in [2.05, 4.69) is 10.2 Å². The minimum absolute atomic E-state index is 0.0132. The number of pyridine rings is 1. The summed E-state index contributed by atoms with van der Waals surface area (Å²) in [5, 5.41) is 3.35. The van der Waals surface area contributed by atoms with Gasteiger partial charge in [-0.05, 0) is 36.7 Å². The zero-order valence-corrected chi connectivity index (χ0v) is 19.2. The molecule has 3 heterocycles. The molecule has 0 amide bonds. The number of rotatable bonds is 4. The molecule has 34 heavy (non-hydrogen) atoms. The van der Waals surface area contributed by atoms with E-state index in [1.54, 1.807) is 0 Å². The standard InChI is InChI=1S/C26H24ClF3N4/c27-22-15-21(26(28,29)30)16-34-23(17-33-13-4-11-31-12-14-33)24(32-25(22)34)20-9-7-19(8-10-20)18-5-2-1-3-6-18/h1-3,5-10,15-16,31H,4,11-14,17H2. The predicted octanol–water partition coefficient (Wildman–Crippen LogP) is 6.14. The van der Waals surface area contributed by atoms with E-state index in [1.165, 1.54) is 4.40 Å². The first-order chi connectivity index (χ1) is 16.4. The number of halogens is 4. The molecule has 4 nitrogen and oxygen atoms in total. The van der Waals surface area contributed by atoms with Gasteiger partial charge in [0.25, 0.3) is 0 Å². The molecular formula is C26H24ClF3N4. The van der Waals surface area contributed by atoms with Crippen molar-refractivity contribution >= 4 is 17.2 Å². The first-order valence-electron chi connectivity index (χ1n) is 11.3. The van der Waals surface area contributed by atoms with Gasteiger partial charge in [0, 0.05) is 31.4 Å². The summed E-state index contributed by atoms with van der Waals surface area (Å²) in [7, 11) is 0. The van der Waals surface area contributed by atoms with E-state index in [1.807, 2.05) is 54.6 Å². The summed E-state index contributed by atoms with van der Waals surface area (Å²) in [6.45, 7) is 3.93. The highest BCUT2D eigenvalue weighted by atomic mass is 35.5. The van der Waals surface area contributed by atoms with Gasteiger partial charge < -0.3 is 9.72 Å². The Morgan fingerprint density at radius 2 is 1.62 bits per heavy atom. The van der Waals surface area contributed by atoms with Crippen LogP contribution < -0.4 is 5.32 Å². The van der Waals surface area contributed by atoms with Crippen molar-refractivity contribution in [3.8, 4) is 22.4 Å². The lowest BCUT2D eigenvalue weighted by atomic mass is 10.0. The predicted molar refractivity (Wildman–Crippen MR) is 129 cm³/mol. The lowest BCUT2D eigenvalue weighted by molar-refractivity contribution is -0.137. The lowest BCUT2D eigenvalue weighted by Crippen LogP contribution is -2.28. The van der Waals surface area contributed by atoms with Crippen LogP contribution in [0.5, 0.6) is 0 Å². The number of aromatic nitrogens is 2. The Morgan fingerprint density at radius 1 is 0.912 bits per heavy atom. The third-order valence-electron chi connectivity index (χ3n) is 6.17. The Hall–Kier alpha value is -2.87. The number of nitrogens with zero attached hydrogens (tertiary/aromatic N) is 3. The molecule has 1 N–H and O–H groups in total. The summed E-state index contributed by atoms with van der Waals surface area (Å²) < 4.78 is 42.2. The molecule has 2 aromatic carbocycles. The highest BCUT2D eigenvalue weighted by Gasteiger charge is 2.33. The van der Waals surface area contributed by atoms with Crippen LogP contribution in [0.1, 0.15) is 17.7 Å². The number of hydrogen-bond donors (Lipinski definition) is 1. The minimum atomic E-state index is -4.50. The van der Waals surface area contributed by atoms with Gasteiger partial charge in [-0.1, -0.05) is 66.2 Å². The van der Waals surface area contributed by atoms with E-state index < -0.39 is 11.7 Å². The maximum atomic E-state index is 13.6. The topological polar surface area (TPSA) is 32.6 Å². The smallest absolute Gasteiger partial charge is 0.315 e. The van der Waals surface area contributed by atoms with Crippen molar-refractivity contribution in [3.05, 3.63) is 83.1 Å². The molecule has 176 valence electrons. The second-order valence-corrected chi connectivity index (χ2v) is 8.91. The van der Waals surface area contributed by atoms with E-state index in [-0.39, 0.29) is 5.02 Å². The summed E-state index contributed by atoms with van der Waals surface area (Å²) in [6, 6.07) is 18.9. The van der Waals surface area contributed by atoms with Crippen LogP contribution in [0.2, 0.25) is 5.02 Å². The lowest BCUT2D eigenvalue weighted by Gasteiger charge is -2.20. The molecule has 0 atom stereocenters. The molecular weight excluding hydrogens is 461 g/mol. The molecule has 0 spiro atoms. The van der Waals surface area contributed by atoms with Crippen molar-refractivity contribution in [2.45, 2.75) is 19.1 Å². The molecule has 1 saturated heterocycles. The van der Waals surface area contributed by atoms with E-state index >= 15 is 0 Å². The van der Waals surface area contributed by atoms with Crippen molar-refractivity contribution in [3.63, 3.8) is 0 Å². The Kier molecular flexibility index (Phi) is 6.34. The molecule has 0 unspecified atom stereocenters. The van der Waals surface area contributed by atoms with Gasteiger partial charge in [0.2, 0.25) is 0 Å². The van der Waals surface area contributed by atoms with E-state index in [0.29, 0.717) is 23.6 Å². The first-order valence-corrected chi connectivity index (χ1v) is 11.6. The molecule has 1 aliphatic rings. The van der Waals surface area contributed by atoms with Crippen molar-refractivity contribution in [2.75, 3.05) is 26.2 Å². The van der Waals surface area contributed by atoms with Crippen LogP contribution in [0.4, 0.5) is 13.2 Å². The van der Waals surface area contributed by atoms with Crippen molar-refractivity contribution < 1.29 is 13.2 Å². The Bertz CT molecular complexity index is 1280. The SMILES string of the molecule is FC(F)(F)c1cc(Cl)c2nc(-c3ccc(-c4ccccc4)cc3)c(CN3CCCNCC3)n2c1. The zero-order chi connectivity index (χ0) is 23.7. The van der Waals surface area contributed by atoms with Crippen LogP contribution in [-0.2, 0) is 12.7 Å². The van der Waals surface area contributed by atoms with E-state index in [4.69, 9.17) is 16.6 Å². The normalized spacial score (nSPS) is 15.5. The van der Waals surface area contributed by atoms with Gasteiger partial charge >= 0.3 is 6.18 Å². The average molecular weight is 485 g/mol. The zero-order valence-electron chi connectivity index (χ0n) is 18.4. The maximum absolute atomic E-state index is 13.6. The van der Waals surface area contributed by atoms with Gasteiger partial charge in [-0.25, -0.2) is 4.98 Å². The van der Waals surface area contributed by atoms with Gasteiger partial charge in [0.05, 0.1) is 22.0 Å². The van der Waals surface area contributed by atoms with Crippen molar-refractivity contribution in [1.82, 2.24) is 19.6 Å². The molecule has 1 aliphatic heterocycles. The molecule has 0 radical (unpaired) electrons. The third-order valence-corrected chi connectivity index (χ3v) is 6.45. The molecule has 2 aromatic heterocycles. The summed E-state index contributed by atoms with van der Waals surface area (Å²) in [4.78, 5) is 6.97. The fraction of sp³-hybridized carbons (Fsp3) is 0.269. The summed E-state index contributed by atoms with van der Waals surface area (Å²) >= 11 is 6.31. The van der Waals surface area contributed by atoms with Gasteiger partial charge in [-0.2, -0.15) is 13.2 Å². The van der Waals surface area contributed by atoms with Gasteiger partial charge in [0.1, 0.15) is 0 Å².